The molecule has 6 atom stereocenters. The molecule has 8 heteroatoms. The first-order chi connectivity index (χ1) is 20.5. The lowest BCUT2D eigenvalue weighted by molar-refractivity contribution is -0.199. The van der Waals surface area contributed by atoms with E-state index in [1.807, 2.05) is 23.1 Å². The SMILES string of the molecule is CC(C)CCC(C#N)C(=O)N1CCC(CCCC(=O)N[C@@H](Cc2ccccc2)B2O[C@@H]3C[C@@H]4C[C@@H](C4(C)C)[C@]3(C)O2)CC1. The van der Waals surface area contributed by atoms with Gasteiger partial charge < -0.3 is 19.5 Å². The zero-order valence-corrected chi connectivity index (χ0v) is 27.0. The minimum absolute atomic E-state index is 0.00346. The zero-order valence-electron chi connectivity index (χ0n) is 27.0. The number of carbonyl (C=O) groups excluding carboxylic acids is 2. The maximum atomic E-state index is 13.3. The summed E-state index contributed by atoms with van der Waals surface area (Å²) in [5.74, 6) is 1.44. The molecule has 2 heterocycles. The smallest absolute Gasteiger partial charge is 0.404 e. The molecule has 0 radical (unpaired) electrons. The van der Waals surface area contributed by atoms with E-state index in [9.17, 15) is 14.9 Å². The second-order valence-electron chi connectivity index (χ2n) is 15.0. The van der Waals surface area contributed by atoms with Gasteiger partial charge in [-0.3, -0.25) is 9.59 Å². The molecule has 2 bridgehead atoms. The van der Waals surface area contributed by atoms with Crippen LogP contribution in [0.25, 0.3) is 0 Å². The third kappa shape index (κ3) is 6.99. The van der Waals surface area contributed by atoms with Crippen molar-refractivity contribution in [2.45, 2.75) is 116 Å². The van der Waals surface area contributed by atoms with Crippen LogP contribution in [0.4, 0.5) is 0 Å². The summed E-state index contributed by atoms with van der Waals surface area (Å²) in [7, 11) is -0.450. The lowest BCUT2D eigenvalue weighted by Gasteiger charge is -2.64. The Balaban J connectivity index is 1.10. The van der Waals surface area contributed by atoms with Crippen molar-refractivity contribution < 1.29 is 18.9 Å². The minimum atomic E-state index is -0.525. The number of nitriles is 1. The van der Waals surface area contributed by atoms with Crippen LogP contribution in [-0.4, -0.2) is 54.6 Å². The topological polar surface area (TPSA) is 91.7 Å². The number of nitrogens with one attached hydrogen (secondary N) is 1. The highest BCUT2D eigenvalue weighted by molar-refractivity contribution is 6.48. The molecule has 234 valence electrons. The fraction of sp³-hybridized carbons (Fsp3) is 0.743. The Labute approximate surface area is 259 Å². The normalized spacial score (nSPS) is 29.4. The molecular weight excluding hydrogens is 537 g/mol. The molecule has 0 aromatic heterocycles. The molecule has 2 amide bonds. The predicted octanol–water partition coefficient (Wildman–Crippen LogP) is 5.97. The maximum Gasteiger partial charge on any atom is 0.482 e. The van der Waals surface area contributed by atoms with Crippen molar-refractivity contribution in [3.05, 3.63) is 35.9 Å². The van der Waals surface area contributed by atoms with Gasteiger partial charge in [0, 0.05) is 19.5 Å². The van der Waals surface area contributed by atoms with Gasteiger partial charge in [0.15, 0.2) is 0 Å². The lowest BCUT2D eigenvalue weighted by Crippen LogP contribution is -2.65. The highest BCUT2D eigenvalue weighted by atomic mass is 16.7. The van der Waals surface area contributed by atoms with Gasteiger partial charge in [0.2, 0.25) is 11.8 Å². The predicted molar refractivity (Wildman–Crippen MR) is 169 cm³/mol. The Hall–Kier alpha value is -2.37. The van der Waals surface area contributed by atoms with Gasteiger partial charge in [0.1, 0.15) is 5.92 Å². The van der Waals surface area contributed by atoms with Crippen molar-refractivity contribution in [2.75, 3.05) is 13.1 Å². The third-order valence-corrected chi connectivity index (χ3v) is 11.4. The Kier molecular flexibility index (Phi) is 9.93. The van der Waals surface area contributed by atoms with Crippen LogP contribution in [0, 0.1) is 46.3 Å². The fourth-order valence-corrected chi connectivity index (χ4v) is 8.39. The second kappa shape index (κ2) is 13.3. The number of amides is 2. The van der Waals surface area contributed by atoms with Crippen molar-refractivity contribution in [1.82, 2.24) is 10.2 Å². The average molecular weight is 590 g/mol. The summed E-state index contributed by atoms with van der Waals surface area (Å²) in [6, 6.07) is 12.5. The number of likely N-dealkylation sites (tertiary alicyclic amines) is 1. The van der Waals surface area contributed by atoms with Crippen molar-refractivity contribution in [1.29, 1.82) is 5.26 Å². The van der Waals surface area contributed by atoms with E-state index >= 15 is 0 Å². The molecule has 2 saturated heterocycles. The first-order valence-electron chi connectivity index (χ1n) is 16.9. The van der Waals surface area contributed by atoms with Gasteiger partial charge in [0.25, 0.3) is 0 Å². The summed E-state index contributed by atoms with van der Waals surface area (Å²) in [5, 5.41) is 12.8. The Morgan fingerprint density at radius 2 is 1.84 bits per heavy atom. The molecule has 1 unspecified atom stereocenters. The van der Waals surface area contributed by atoms with E-state index < -0.39 is 13.0 Å². The summed E-state index contributed by atoms with van der Waals surface area (Å²) < 4.78 is 13.4. The van der Waals surface area contributed by atoms with Crippen molar-refractivity contribution in [3.63, 3.8) is 0 Å². The van der Waals surface area contributed by atoms with Crippen LogP contribution in [0.5, 0.6) is 0 Å². The van der Waals surface area contributed by atoms with E-state index in [0.717, 1.165) is 44.1 Å². The Morgan fingerprint density at radius 1 is 1.12 bits per heavy atom. The molecule has 7 nitrogen and oxygen atoms in total. The molecule has 3 aliphatic carbocycles. The van der Waals surface area contributed by atoms with Crippen LogP contribution in [-0.2, 0) is 25.3 Å². The molecule has 3 saturated carbocycles. The third-order valence-electron chi connectivity index (χ3n) is 11.4. The van der Waals surface area contributed by atoms with E-state index in [0.29, 0.717) is 56.0 Å². The van der Waals surface area contributed by atoms with Crippen molar-refractivity contribution in [2.24, 2.45) is 35.0 Å². The van der Waals surface area contributed by atoms with Crippen LogP contribution in [0.1, 0.15) is 98.0 Å². The molecule has 2 aliphatic heterocycles. The van der Waals surface area contributed by atoms with Crippen LogP contribution in [0.2, 0.25) is 0 Å². The van der Waals surface area contributed by atoms with Gasteiger partial charge in [-0.05, 0) is 99.4 Å². The summed E-state index contributed by atoms with van der Waals surface area (Å²) >= 11 is 0. The van der Waals surface area contributed by atoms with Gasteiger partial charge >= 0.3 is 7.12 Å². The molecule has 5 aliphatic rings. The Bertz CT molecular complexity index is 1160. The van der Waals surface area contributed by atoms with E-state index in [1.165, 1.54) is 6.42 Å². The van der Waals surface area contributed by atoms with Crippen LogP contribution >= 0.6 is 0 Å². The van der Waals surface area contributed by atoms with Crippen LogP contribution in [0.3, 0.4) is 0 Å². The minimum Gasteiger partial charge on any atom is -0.404 e. The Morgan fingerprint density at radius 3 is 2.49 bits per heavy atom. The van der Waals surface area contributed by atoms with Gasteiger partial charge in [-0.25, -0.2) is 0 Å². The second-order valence-corrected chi connectivity index (χ2v) is 15.0. The van der Waals surface area contributed by atoms with Gasteiger partial charge in [-0.15, -0.1) is 0 Å². The molecule has 1 N–H and O–H groups in total. The summed E-state index contributed by atoms with van der Waals surface area (Å²) in [5.41, 5.74) is 1.13. The summed E-state index contributed by atoms with van der Waals surface area (Å²) in [6.07, 6.45) is 8.68. The van der Waals surface area contributed by atoms with E-state index in [4.69, 9.17) is 9.31 Å². The molecule has 1 aromatic rings. The number of benzene rings is 1. The summed E-state index contributed by atoms with van der Waals surface area (Å²) in [6.45, 7) is 12.6. The fourth-order valence-electron chi connectivity index (χ4n) is 8.39. The van der Waals surface area contributed by atoms with Gasteiger partial charge in [0.05, 0.1) is 23.7 Å². The van der Waals surface area contributed by atoms with Crippen molar-refractivity contribution >= 4 is 18.9 Å². The van der Waals surface area contributed by atoms with Crippen molar-refractivity contribution in [3.8, 4) is 6.07 Å². The molecule has 6 rings (SSSR count). The maximum absolute atomic E-state index is 13.3. The molecule has 0 spiro atoms. The number of hydrogen-bond acceptors (Lipinski definition) is 5. The molecule has 1 aromatic carbocycles. The average Bonchev–Trinajstić information content (AvgIpc) is 3.35. The van der Waals surface area contributed by atoms with E-state index in [-0.39, 0.29) is 34.9 Å². The highest BCUT2D eigenvalue weighted by Gasteiger charge is 2.68. The molecule has 43 heavy (non-hydrogen) atoms. The van der Waals surface area contributed by atoms with Gasteiger partial charge in [-0.2, -0.15) is 5.26 Å². The number of hydrogen-bond donors (Lipinski definition) is 1. The number of rotatable bonds is 12. The highest BCUT2D eigenvalue weighted by Crippen LogP contribution is 2.65. The van der Waals surface area contributed by atoms with Gasteiger partial charge in [-0.1, -0.05) is 58.0 Å². The number of nitrogens with zero attached hydrogens (tertiary/aromatic N) is 2. The standard InChI is InChI=1S/C35H52BN3O4/c1-24(2)14-15-27(23-37)33(41)39-18-16-25(17-19-39)12-9-13-32(40)38-31(20-26-10-7-6-8-11-26)36-42-30-22-28-21-29(34(28,3)4)35(30,5)43-36/h6-8,10-11,24-25,27-31H,9,12-22H2,1-5H3,(H,38,40)/t27?,28-,29-,30+,31-,35-/m0/s1. The quantitative estimate of drug-likeness (QED) is 0.304. The monoisotopic (exact) mass is 589 g/mol. The molecular formula is C35H52BN3O4. The zero-order chi connectivity index (χ0) is 30.8. The molecule has 5 fully saturated rings. The van der Waals surface area contributed by atoms with Crippen LogP contribution in [0.15, 0.2) is 30.3 Å². The summed E-state index contributed by atoms with van der Waals surface area (Å²) in [4.78, 5) is 28.0. The van der Waals surface area contributed by atoms with E-state index in [1.54, 1.807) is 0 Å². The first-order valence-corrected chi connectivity index (χ1v) is 16.9. The van der Waals surface area contributed by atoms with E-state index in [2.05, 4.69) is 58.1 Å². The van der Waals surface area contributed by atoms with Crippen LogP contribution < -0.4 is 5.32 Å². The number of piperidine rings is 1. The first kappa shape index (κ1) is 32.0. The largest absolute Gasteiger partial charge is 0.482 e. The lowest BCUT2D eigenvalue weighted by atomic mass is 9.43. The number of carbonyl (C=O) groups is 2.